The van der Waals surface area contributed by atoms with Gasteiger partial charge in [0.25, 0.3) is 0 Å². The van der Waals surface area contributed by atoms with Crippen molar-refractivity contribution in [1.29, 1.82) is 0 Å². The van der Waals surface area contributed by atoms with Crippen molar-refractivity contribution in [3.8, 4) is 0 Å². The number of aromatic nitrogens is 1. The van der Waals surface area contributed by atoms with E-state index in [9.17, 15) is 9.59 Å². The third kappa shape index (κ3) is 4.46. The maximum absolute atomic E-state index is 12.8. The second-order valence-corrected chi connectivity index (χ2v) is 8.81. The van der Waals surface area contributed by atoms with Crippen LogP contribution in [-0.2, 0) is 27.4 Å². The minimum atomic E-state index is -0.392. The van der Waals surface area contributed by atoms with Crippen LogP contribution in [0.15, 0.2) is 57.7 Å². The molecule has 1 aromatic heterocycles. The maximum Gasteiger partial charge on any atom is 0.419 e. The van der Waals surface area contributed by atoms with Gasteiger partial charge in [-0.1, -0.05) is 30.3 Å². The summed E-state index contributed by atoms with van der Waals surface area (Å²) in [6, 6.07) is 15.4. The van der Waals surface area contributed by atoms with Gasteiger partial charge >= 0.3 is 5.76 Å². The monoisotopic (exact) mass is 451 g/mol. The van der Waals surface area contributed by atoms with Gasteiger partial charge in [0.2, 0.25) is 5.91 Å². The highest BCUT2D eigenvalue weighted by molar-refractivity contribution is 5.94. The van der Waals surface area contributed by atoms with Gasteiger partial charge in [-0.2, -0.15) is 0 Å². The largest absolute Gasteiger partial charge is 0.419 e. The van der Waals surface area contributed by atoms with E-state index in [0.29, 0.717) is 37.5 Å². The van der Waals surface area contributed by atoms with E-state index in [1.165, 1.54) is 0 Å². The first kappa shape index (κ1) is 21.9. The number of carbonyl (C=O) groups excluding carboxylic acids is 1. The van der Waals surface area contributed by atoms with Crippen LogP contribution in [0.5, 0.6) is 0 Å². The van der Waals surface area contributed by atoms with Crippen molar-refractivity contribution >= 4 is 22.7 Å². The summed E-state index contributed by atoms with van der Waals surface area (Å²) >= 11 is 0. The van der Waals surface area contributed by atoms with Crippen LogP contribution in [0.4, 0.5) is 5.69 Å². The van der Waals surface area contributed by atoms with Crippen molar-refractivity contribution in [2.24, 2.45) is 0 Å². The fraction of sp³-hybridized carbons (Fsp3) is 0.440. The molecule has 0 radical (unpaired) electrons. The maximum atomic E-state index is 12.8. The number of oxazole rings is 1. The molecule has 0 unspecified atom stereocenters. The van der Waals surface area contributed by atoms with E-state index in [2.05, 4.69) is 22.3 Å². The van der Waals surface area contributed by atoms with Crippen LogP contribution in [-0.4, -0.2) is 53.3 Å². The highest BCUT2D eigenvalue weighted by Crippen LogP contribution is 2.37. The topological polar surface area (TPSA) is 85.9 Å². The Morgan fingerprint density at radius 1 is 1.24 bits per heavy atom. The van der Waals surface area contributed by atoms with Crippen molar-refractivity contribution in [3.05, 3.63) is 64.6 Å². The van der Waals surface area contributed by atoms with Crippen molar-refractivity contribution in [2.45, 2.75) is 44.6 Å². The summed E-state index contributed by atoms with van der Waals surface area (Å²) in [6.45, 7) is 5.24. The van der Waals surface area contributed by atoms with Gasteiger partial charge in [0, 0.05) is 38.0 Å². The molecule has 2 fully saturated rings. The minimum Gasteiger partial charge on any atom is -0.408 e. The lowest BCUT2D eigenvalue weighted by atomic mass is 9.96. The van der Waals surface area contributed by atoms with Gasteiger partial charge in [0.05, 0.1) is 18.7 Å². The molecule has 8 nitrogen and oxygen atoms in total. The van der Waals surface area contributed by atoms with Crippen LogP contribution in [0, 0.1) is 0 Å². The molecule has 2 aliphatic heterocycles. The van der Waals surface area contributed by atoms with Crippen LogP contribution in [0.3, 0.4) is 0 Å². The molecule has 1 N–H and O–H groups in total. The number of likely N-dealkylation sites (tertiary alicyclic amines) is 1. The Morgan fingerprint density at radius 3 is 2.85 bits per heavy atom. The van der Waals surface area contributed by atoms with Gasteiger partial charge in [-0.15, -0.1) is 0 Å². The Balaban J connectivity index is 1.23. The van der Waals surface area contributed by atoms with E-state index < -0.39 is 5.76 Å². The molecule has 5 rings (SSSR count). The predicted octanol–water partition coefficient (Wildman–Crippen LogP) is 3.00. The molecular weight excluding hydrogens is 422 g/mol. The van der Waals surface area contributed by atoms with Gasteiger partial charge in [0.1, 0.15) is 11.7 Å². The summed E-state index contributed by atoms with van der Waals surface area (Å²) in [5.74, 6) is -0.514. The number of carbonyl (C=O) groups is 1. The summed E-state index contributed by atoms with van der Waals surface area (Å²) in [7, 11) is 0. The molecule has 2 aliphatic rings. The standard InChI is InChI=1S/C25H29N3O5/c1-2-28-20-10-9-19(13-21(20)33-24(28)30)26-23(29)15-27-14-22(25(17-27)11-6-12-32-25)31-16-18-7-4-3-5-8-18/h3-5,7-10,13,22H,2,6,11-12,14-17H2,1H3,(H,26,29)/t22-,25-/m0/s1. The first-order valence-corrected chi connectivity index (χ1v) is 11.5. The zero-order valence-electron chi connectivity index (χ0n) is 18.8. The van der Waals surface area contributed by atoms with Crippen molar-refractivity contribution < 1.29 is 18.7 Å². The number of ether oxygens (including phenoxy) is 2. The number of fused-ring (bicyclic) bond motifs is 1. The lowest BCUT2D eigenvalue weighted by Crippen LogP contribution is -2.42. The predicted molar refractivity (Wildman–Crippen MR) is 124 cm³/mol. The fourth-order valence-corrected chi connectivity index (χ4v) is 4.99. The van der Waals surface area contributed by atoms with Gasteiger partial charge < -0.3 is 19.2 Å². The fourth-order valence-electron chi connectivity index (χ4n) is 4.99. The summed E-state index contributed by atoms with van der Waals surface area (Å²) in [4.78, 5) is 26.8. The summed E-state index contributed by atoms with van der Waals surface area (Å²) in [5, 5.41) is 2.93. The SMILES string of the molecule is CCn1c(=O)oc2cc(NC(=O)CN3C[C@H](OCc4ccccc4)[C@]4(CCCO4)C3)ccc21. The average molecular weight is 452 g/mol. The highest BCUT2D eigenvalue weighted by atomic mass is 16.6. The first-order chi connectivity index (χ1) is 16.1. The number of anilines is 1. The molecule has 0 saturated carbocycles. The van der Waals surface area contributed by atoms with Crippen LogP contribution in [0.25, 0.3) is 11.1 Å². The Bertz CT molecular complexity index is 1180. The third-order valence-electron chi connectivity index (χ3n) is 6.57. The molecule has 8 heteroatoms. The highest BCUT2D eigenvalue weighted by Gasteiger charge is 2.50. The molecule has 2 saturated heterocycles. The average Bonchev–Trinajstić information content (AvgIpc) is 3.49. The first-order valence-electron chi connectivity index (χ1n) is 11.5. The van der Waals surface area contributed by atoms with E-state index in [0.717, 1.165) is 30.5 Å². The zero-order valence-corrected chi connectivity index (χ0v) is 18.8. The number of hydrogen-bond donors (Lipinski definition) is 1. The molecule has 2 aromatic carbocycles. The van der Waals surface area contributed by atoms with Gasteiger partial charge in [0.15, 0.2) is 5.58 Å². The summed E-state index contributed by atoms with van der Waals surface area (Å²) in [6.07, 6.45) is 1.87. The Morgan fingerprint density at radius 2 is 2.09 bits per heavy atom. The molecule has 1 spiro atoms. The van der Waals surface area contributed by atoms with E-state index in [-0.39, 0.29) is 24.2 Å². The summed E-state index contributed by atoms with van der Waals surface area (Å²) < 4.78 is 19.3. The Hall–Kier alpha value is -2.94. The number of rotatable bonds is 7. The van der Waals surface area contributed by atoms with Crippen molar-refractivity contribution in [3.63, 3.8) is 0 Å². The molecule has 174 valence electrons. The van der Waals surface area contributed by atoms with E-state index in [1.807, 2.05) is 25.1 Å². The lowest BCUT2D eigenvalue weighted by molar-refractivity contribution is -0.117. The van der Waals surface area contributed by atoms with E-state index >= 15 is 0 Å². The molecule has 1 amide bonds. The van der Waals surface area contributed by atoms with E-state index in [4.69, 9.17) is 13.9 Å². The number of nitrogens with zero attached hydrogens (tertiary/aromatic N) is 2. The van der Waals surface area contributed by atoms with Crippen LogP contribution < -0.4 is 11.1 Å². The van der Waals surface area contributed by atoms with Gasteiger partial charge in [-0.05, 0) is 37.5 Å². The normalized spacial score (nSPS) is 23.0. The Labute approximate surface area is 192 Å². The van der Waals surface area contributed by atoms with Crippen molar-refractivity contribution in [2.75, 3.05) is 31.6 Å². The van der Waals surface area contributed by atoms with Crippen LogP contribution >= 0.6 is 0 Å². The molecule has 3 aromatic rings. The quantitative estimate of drug-likeness (QED) is 0.594. The van der Waals surface area contributed by atoms with E-state index in [1.54, 1.807) is 22.8 Å². The lowest BCUT2D eigenvalue weighted by Gasteiger charge is -2.29. The molecule has 3 heterocycles. The number of aryl methyl sites for hydroxylation is 1. The zero-order chi connectivity index (χ0) is 22.8. The number of amides is 1. The molecule has 33 heavy (non-hydrogen) atoms. The third-order valence-corrected chi connectivity index (χ3v) is 6.57. The van der Waals surface area contributed by atoms with Crippen molar-refractivity contribution in [1.82, 2.24) is 9.47 Å². The number of hydrogen-bond acceptors (Lipinski definition) is 6. The smallest absolute Gasteiger partial charge is 0.408 e. The van der Waals surface area contributed by atoms with Gasteiger partial charge in [-0.3, -0.25) is 14.3 Å². The molecule has 0 bridgehead atoms. The number of nitrogens with one attached hydrogen (secondary N) is 1. The Kier molecular flexibility index (Phi) is 6.05. The molecule has 2 atom stereocenters. The van der Waals surface area contributed by atoms with Crippen LogP contribution in [0.2, 0.25) is 0 Å². The second-order valence-electron chi connectivity index (χ2n) is 8.81. The summed E-state index contributed by atoms with van der Waals surface area (Å²) in [5.41, 5.74) is 2.57. The van der Waals surface area contributed by atoms with Gasteiger partial charge in [-0.25, -0.2) is 4.79 Å². The number of benzene rings is 2. The molecular formula is C25H29N3O5. The van der Waals surface area contributed by atoms with Crippen LogP contribution in [0.1, 0.15) is 25.3 Å². The minimum absolute atomic E-state index is 0.0764. The molecule has 0 aliphatic carbocycles. The second kappa shape index (κ2) is 9.13.